The number of carbonyl (C=O) groups excluding carboxylic acids is 4. The minimum Gasteiger partial charge on any atom is -0.462 e. The van der Waals surface area contributed by atoms with Gasteiger partial charge in [0.1, 0.15) is 19.3 Å². The Morgan fingerprint density at radius 3 is 0.755 bits per heavy atom. The van der Waals surface area contributed by atoms with E-state index < -0.39 is 97.5 Å². The van der Waals surface area contributed by atoms with Crippen LogP contribution in [0.3, 0.4) is 0 Å². The van der Waals surface area contributed by atoms with Crippen LogP contribution in [0.5, 0.6) is 0 Å². The standard InChI is InChI=1S/C87H154O17P2/c1-5-9-13-17-21-25-29-33-37-40-44-47-51-55-59-63-67-71-84(89)97-77-82(103-86(91)73-69-65-61-57-53-49-43-36-32-28-24-20-16-12-8-4)79-101-105(93,94)99-75-81(88)76-100-106(95,96)102-80-83(104-87(92)74-70-66-62-58-54-50-46-42-39-35-31-27-23-19-15-11-7-3)78-98-85(90)72-68-64-60-56-52-48-45-41-38-34-30-26-22-18-14-10-6-2/h21,23,25,27,33,35,37,39,44,46-47,50,55,58-59,62,81-83,88H,5-20,22,24,26,28-32,34,36,38,40-43,45,48-49,51-54,56-57,60-61,63-80H2,1-4H3,(H,93,94)(H,95,96)/b25-21-,27-23-,37-33-,39-35-,47-44-,50-46-,59-55-,62-58-/t81-,82+,83+/m0/s1. The van der Waals surface area contributed by atoms with Gasteiger partial charge in [-0.05, 0) is 103 Å². The minimum atomic E-state index is -4.99. The van der Waals surface area contributed by atoms with E-state index in [1.54, 1.807) is 0 Å². The van der Waals surface area contributed by atoms with E-state index in [4.69, 9.17) is 37.0 Å². The number of carbonyl (C=O) groups is 4. The van der Waals surface area contributed by atoms with Gasteiger partial charge in [0.15, 0.2) is 12.2 Å². The third-order valence-corrected chi connectivity index (χ3v) is 20.0. The molecule has 0 spiro atoms. The van der Waals surface area contributed by atoms with Crippen molar-refractivity contribution in [1.29, 1.82) is 0 Å². The molecule has 19 heteroatoms. The molecule has 0 aliphatic heterocycles. The van der Waals surface area contributed by atoms with Gasteiger partial charge in [-0.3, -0.25) is 37.3 Å². The lowest BCUT2D eigenvalue weighted by Gasteiger charge is -2.21. The lowest BCUT2D eigenvalue weighted by Crippen LogP contribution is -2.30. The third-order valence-electron chi connectivity index (χ3n) is 18.1. The highest BCUT2D eigenvalue weighted by Crippen LogP contribution is 2.45. The van der Waals surface area contributed by atoms with E-state index in [1.165, 1.54) is 186 Å². The third kappa shape index (κ3) is 78.1. The summed E-state index contributed by atoms with van der Waals surface area (Å²) < 4.78 is 68.7. The van der Waals surface area contributed by atoms with Crippen LogP contribution in [0.1, 0.15) is 374 Å². The summed E-state index contributed by atoms with van der Waals surface area (Å²) >= 11 is 0. The van der Waals surface area contributed by atoms with E-state index in [9.17, 15) is 43.2 Å². The molecular formula is C87H154O17P2. The average molecular weight is 1530 g/mol. The van der Waals surface area contributed by atoms with Gasteiger partial charge in [-0.2, -0.15) is 0 Å². The second-order valence-corrected chi connectivity index (χ2v) is 31.3. The number of aliphatic hydroxyl groups is 1. The highest BCUT2D eigenvalue weighted by atomic mass is 31.2. The molecule has 0 bridgehead atoms. The zero-order valence-corrected chi connectivity index (χ0v) is 69.1. The molecule has 5 atom stereocenters. The van der Waals surface area contributed by atoms with Gasteiger partial charge in [-0.25, -0.2) is 9.13 Å². The van der Waals surface area contributed by atoms with Crippen LogP contribution >= 0.6 is 15.6 Å². The summed E-state index contributed by atoms with van der Waals surface area (Å²) in [6.45, 7) is 4.77. The van der Waals surface area contributed by atoms with Crippen LogP contribution in [0, 0.1) is 0 Å². The lowest BCUT2D eigenvalue weighted by atomic mass is 10.0. The fourth-order valence-electron chi connectivity index (χ4n) is 11.6. The van der Waals surface area contributed by atoms with Crippen molar-refractivity contribution in [2.24, 2.45) is 0 Å². The predicted molar refractivity (Wildman–Crippen MR) is 436 cm³/mol. The summed E-state index contributed by atoms with van der Waals surface area (Å²) in [5, 5.41) is 10.7. The maximum atomic E-state index is 13.1. The molecule has 0 fully saturated rings. The summed E-state index contributed by atoms with van der Waals surface area (Å²) in [4.78, 5) is 73.1. The number of rotatable bonds is 80. The Bertz CT molecular complexity index is 2380. The Labute approximate surface area is 646 Å². The molecule has 3 N–H and O–H groups in total. The maximum Gasteiger partial charge on any atom is 0.472 e. The van der Waals surface area contributed by atoms with Gasteiger partial charge < -0.3 is 33.8 Å². The van der Waals surface area contributed by atoms with E-state index in [0.29, 0.717) is 38.5 Å². The van der Waals surface area contributed by atoms with Crippen molar-refractivity contribution in [1.82, 2.24) is 0 Å². The Morgan fingerprint density at radius 1 is 0.264 bits per heavy atom. The summed E-state index contributed by atoms with van der Waals surface area (Å²) in [6.07, 6.45) is 85.3. The van der Waals surface area contributed by atoms with Crippen molar-refractivity contribution in [3.8, 4) is 0 Å². The molecule has 0 heterocycles. The molecule has 614 valence electrons. The first-order valence-electron chi connectivity index (χ1n) is 42.5. The molecule has 0 aliphatic carbocycles. The van der Waals surface area contributed by atoms with Gasteiger partial charge in [-0.1, -0.05) is 343 Å². The number of esters is 4. The molecule has 0 aromatic rings. The summed E-state index contributed by atoms with van der Waals surface area (Å²) in [6, 6.07) is 0. The first-order chi connectivity index (χ1) is 51.7. The van der Waals surface area contributed by atoms with Crippen molar-refractivity contribution in [3.05, 3.63) is 97.2 Å². The fraction of sp³-hybridized carbons (Fsp3) is 0.770. The Kier molecular flexibility index (Phi) is 76.1. The molecule has 0 saturated heterocycles. The van der Waals surface area contributed by atoms with Crippen LogP contribution in [0.4, 0.5) is 0 Å². The highest BCUT2D eigenvalue weighted by Gasteiger charge is 2.30. The lowest BCUT2D eigenvalue weighted by molar-refractivity contribution is -0.161. The SMILES string of the molecule is CCCCC/C=C\C/C=C\C/C=C\C/C=C\CCCC(=O)OC[C@H](COP(=O)(O)OC[C@H](O)COP(=O)(O)OC[C@@H](COC(=O)CCCCCCCCCCCCCCCCCCC)OC(=O)CCC/C=C\C/C=C\C/C=C\C/C=C\CCCCC)OC(=O)CCCCCCCCCCCCCCCCC. The number of allylic oxidation sites excluding steroid dienone is 16. The van der Waals surface area contributed by atoms with E-state index in [1.807, 2.05) is 24.3 Å². The number of phosphoric acid groups is 2. The number of hydrogen-bond acceptors (Lipinski definition) is 15. The minimum absolute atomic E-state index is 0.0206. The van der Waals surface area contributed by atoms with E-state index in [-0.39, 0.29) is 25.7 Å². The monoisotopic (exact) mass is 1530 g/mol. The molecular weight excluding hydrogens is 1380 g/mol. The van der Waals surface area contributed by atoms with Crippen molar-refractivity contribution >= 4 is 39.5 Å². The summed E-state index contributed by atoms with van der Waals surface area (Å²) in [7, 11) is -9.99. The van der Waals surface area contributed by atoms with Gasteiger partial charge in [0.25, 0.3) is 0 Å². The molecule has 0 amide bonds. The maximum absolute atomic E-state index is 13.1. The summed E-state index contributed by atoms with van der Waals surface area (Å²) in [5.41, 5.74) is 0. The number of phosphoric ester groups is 2. The Morgan fingerprint density at radius 2 is 0.472 bits per heavy atom. The first-order valence-corrected chi connectivity index (χ1v) is 45.5. The van der Waals surface area contributed by atoms with Gasteiger partial charge in [-0.15, -0.1) is 0 Å². The van der Waals surface area contributed by atoms with Crippen LogP contribution in [0.2, 0.25) is 0 Å². The largest absolute Gasteiger partial charge is 0.472 e. The number of hydrogen-bond donors (Lipinski definition) is 3. The van der Waals surface area contributed by atoms with Gasteiger partial charge in [0.05, 0.1) is 26.4 Å². The quantitative estimate of drug-likeness (QED) is 0.0169. The molecule has 0 saturated carbocycles. The van der Waals surface area contributed by atoms with Crippen LogP contribution in [-0.4, -0.2) is 96.7 Å². The number of unbranched alkanes of at least 4 members (excludes halogenated alkanes) is 38. The summed E-state index contributed by atoms with van der Waals surface area (Å²) in [5.74, 6) is -2.28. The second kappa shape index (κ2) is 79.1. The second-order valence-electron chi connectivity index (χ2n) is 28.4. The average Bonchev–Trinajstić information content (AvgIpc) is 0.901. The normalized spacial score (nSPS) is 14.3. The van der Waals surface area contributed by atoms with Crippen molar-refractivity contribution in [3.63, 3.8) is 0 Å². The molecule has 0 aliphatic rings. The predicted octanol–water partition coefficient (Wildman–Crippen LogP) is 25.1. The zero-order chi connectivity index (χ0) is 77.4. The molecule has 0 radical (unpaired) electrons. The highest BCUT2D eigenvalue weighted by molar-refractivity contribution is 7.47. The number of ether oxygens (including phenoxy) is 4. The van der Waals surface area contributed by atoms with E-state index >= 15 is 0 Å². The molecule has 0 aromatic carbocycles. The number of aliphatic hydroxyl groups excluding tert-OH is 1. The van der Waals surface area contributed by atoms with E-state index in [0.717, 1.165) is 96.3 Å². The van der Waals surface area contributed by atoms with Crippen LogP contribution < -0.4 is 0 Å². The molecule has 17 nitrogen and oxygen atoms in total. The van der Waals surface area contributed by atoms with Crippen LogP contribution in [-0.2, 0) is 65.4 Å². The fourth-order valence-corrected chi connectivity index (χ4v) is 13.1. The van der Waals surface area contributed by atoms with Gasteiger partial charge >= 0.3 is 39.5 Å². The molecule has 2 unspecified atom stereocenters. The van der Waals surface area contributed by atoms with Crippen molar-refractivity contribution in [2.45, 2.75) is 393 Å². The Hall–Kier alpha value is -4.02. The molecule has 106 heavy (non-hydrogen) atoms. The molecule has 0 rings (SSSR count). The first kappa shape index (κ1) is 102. The van der Waals surface area contributed by atoms with Crippen molar-refractivity contribution in [2.75, 3.05) is 39.6 Å². The zero-order valence-electron chi connectivity index (χ0n) is 67.3. The van der Waals surface area contributed by atoms with Crippen LogP contribution in [0.15, 0.2) is 97.2 Å². The van der Waals surface area contributed by atoms with Crippen molar-refractivity contribution < 1.29 is 80.2 Å². The topological polar surface area (TPSA) is 237 Å². The van der Waals surface area contributed by atoms with E-state index in [2.05, 4.69) is 101 Å². The molecule has 0 aromatic heterocycles. The Balaban J connectivity index is 5.43. The smallest absolute Gasteiger partial charge is 0.462 e. The van der Waals surface area contributed by atoms with Crippen LogP contribution in [0.25, 0.3) is 0 Å². The van der Waals surface area contributed by atoms with Gasteiger partial charge in [0.2, 0.25) is 0 Å². The van der Waals surface area contributed by atoms with Gasteiger partial charge in [0, 0.05) is 25.7 Å².